The van der Waals surface area contributed by atoms with E-state index in [1.165, 1.54) is 11.3 Å². The van der Waals surface area contributed by atoms with Gasteiger partial charge in [0.25, 0.3) is 5.91 Å². The summed E-state index contributed by atoms with van der Waals surface area (Å²) in [7, 11) is 3.94. The van der Waals surface area contributed by atoms with Gasteiger partial charge in [-0.2, -0.15) is 0 Å². The van der Waals surface area contributed by atoms with Gasteiger partial charge in [-0.15, -0.1) is 0 Å². The van der Waals surface area contributed by atoms with Crippen LogP contribution in [0.25, 0.3) is 26.4 Å². The fourth-order valence-corrected chi connectivity index (χ4v) is 5.60. The summed E-state index contributed by atoms with van der Waals surface area (Å²) in [6.07, 6.45) is 3.86. The van der Waals surface area contributed by atoms with Gasteiger partial charge in [0.2, 0.25) is 0 Å². The Labute approximate surface area is 196 Å². The number of carbonyl (C=O) groups excluding carboxylic acids is 1. The van der Waals surface area contributed by atoms with Crippen molar-refractivity contribution in [3.63, 3.8) is 0 Å². The summed E-state index contributed by atoms with van der Waals surface area (Å²) in [5, 5.41) is 6.33. The molecule has 1 aliphatic rings. The second-order valence-electron chi connectivity index (χ2n) is 8.82. The summed E-state index contributed by atoms with van der Waals surface area (Å²) < 4.78 is 18.0. The monoisotopic (exact) mass is 465 g/mol. The first kappa shape index (κ1) is 22.0. The Morgan fingerprint density at radius 2 is 2.09 bits per heavy atom. The van der Waals surface area contributed by atoms with Crippen molar-refractivity contribution in [2.45, 2.75) is 31.8 Å². The Morgan fingerprint density at radius 3 is 2.79 bits per heavy atom. The highest BCUT2D eigenvalue weighted by Crippen LogP contribution is 2.32. The van der Waals surface area contributed by atoms with Gasteiger partial charge >= 0.3 is 0 Å². The van der Waals surface area contributed by atoms with Crippen LogP contribution in [-0.2, 0) is 0 Å². The molecule has 2 N–H and O–H groups in total. The number of thiazole rings is 1. The molecule has 1 saturated heterocycles. The third kappa shape index (κ3) is 4.14. The molecule has 6 nitrogen and oxygen atoms in total. The minimum atomic E-state index is -0.264. The maximum Gasteiger partial charge on any atom is 0.251 e. The van der Waals surface area contributed by atoms with E-state index in [0.717, 1.165) is 46.7 Å². The first-order valence-electron chi connectivity index (χ1n) is 11.3. The lowest BCUT2D eigenvalue weighted by Gasteiger charge is -2.36. The van der Waals surface area contributed by atoms with Crippen LogP contribution in [0.1, 0.15) is 41.7 Å². The maximum atomic E-state index is 15.0. The van der Waals surface area contributed by atoms with Crippen molar-refractivity contribution in [2.24, 2.45) is 0 Å². The molecule has 1 aliphatic heterocycles. The van der Waals surface area contributed by atoms with Crippen molar-refractivity contribution in [1.29, 1.82) is 0 Å². The minimum absolute atomic E-state index is 0.0492. The zero-order valence-electron chi connectivity index (χ0n) is 19.1. The predicted octanol–water partition coefficient (Wildman–Crippen LogP) is 4.46. The Morgan fingerprint density at radius 1 is 1.27 bits per heavy atom. The molecule has 2 aromatic carbocycles. The molecule has 2 aromatic heterocycles. The van der Waals surface area contributed by atoms with Gasteiger partial charge < -0.3 is 15.5 Å². The number of benzene rings is 2. The maximum absolute atomic E-state index is 15.0. The number of amides is 1. The zero-order valence-corrected chi connectivity index (χ0v) is 19.9. The van der Waals surface area contributed by atoms with Gasteiger partial charge in [0.15, 0.2) is 4.96 Å². The number of nitrogens with zero attached hydrogens (tertiary/aromatic N) is 3. The van der Waals surface area contributed by atoms with Crippen LogP contribution in [0.4, 0.5) is 4.39 Å². The molecular formula is C25H28FN5OS. The van der Waals surface area contributed by atoms with Crippen LogP contribution < -0.4 is 10.6 Å². The Bertz CT molecular complexity index is 1320. The first-order valence-corrected chi connectivity index (χ1v) is 12.2. The van der Waals surface area contributed by atoms with Crippen molar-refractivity contribution in [3.05, 3.63) is 59.5 Å². The number of fused-ring (bicyclic) bond motifs is 3. The highest BCUT2D eigenvalue weighted by atomic mass is 32.1. The van der Waals surface area contributed by atoms with Crippen LogP contribution in [0.2, 0.25) is 0 Å². The standard InChI is InChI=1S/C25H28FN5OS/c1-4-5-20(27-2)15-6-8-18(19(26)10-15)21-14-31-22-9-7-16(11-23(22)33-25(31)29-21)24(32)28-17-12-30(3)13-17/h6-11,14,17,20,27H,4-5,12-13H2,1-3H3,(H,28,32). The van der Waals surface area contributed by atoms with Crippen LogP contribution >= 0.6 is 11.3 Å². The van der Waals surface area contributed by atoms with Crippen molar-refractivity contribution < 1.29 is 9.18 Å². The van der Waals surface area contributed by atoms with E-state index < -0.39 is 0 Å². The molecule has 172 valence electrons. The molecule has 1 unspecified atom stereocenters. The molecule has 8 heteroatoms. The average Bonchev–Trinajstić information content (AvgIpc) is 3.33. The molecule has 0 radical (unpaired) electrons. The molecule has 1 atom stereocenters. The molecule has 4 aromatic rings. The van der Waals surface area contributed by atoms with Crippen LogP contribution in [-0.4, -0.2) is 53.4 Å². The molecule has 1 fully saturated rings. The number of imidazole rings is 1. The van der Waals surface area contributed by atoms with Crippen LogP contribution in [0, 0.1) is 5.82 Å². The average molecular weight is 466 g/mol. The molecule has 0 bridgehead atoms. The SMILES string of the molecule is CCCC(NC)c1ccc(-c2cn3c(n2)sc2cc(C(=O)NC4CN(C)C4)ccc23)c(F)c1. The van der Waals surface area contributed by atoms with E-state index in [0.29, 0.717) is 16.8 Å². The largest absolute Gasteiger partial charge is 0.347 e. The fourth-order valence-electron chi connectivity index (χ4n) is 4.55. The third-order valence-electron chi connectivity index (χ3n) is 6.35. The normalized spacial score (nSPS) is 15.8. The third-order valence-corrected chi connectivity index (χ3v) is 7.37. The van der Waals surface area contributed by atoms with Gasteiger partial charge in [-0.05, 0) is 56.4 Å². The Kier molecular flexibility index (Phi) is 5.90. The first-order chi connectivity index (χ1) is 16.0. The number of nitrogens with one attached hydrogen (secondary N) is 2. The van der Waals surface area contributed by atoms with E-state index in [1.54, 1.807) is 6.07 Å². The minimum Gasteiger partial charge on any atom is -0.347 e. The smallest absolute Gasteiger partial charge is 0.251 e. The predicted molar refractivity (Wildman–Crippen MR) is 131 cm³/mol. The van der Waals surface area contributed by atoms with Crippen LogP contribution in [0.5, 0.6) is 0 Å². The summed E-state index contributed by atoms with van der Waals surface area (Å²) in [6.45, 7) is 3.89. The number of likely N-dealkylation sites (N-methyl/N-ethyl adjacent to an activating group) is 1. The van der Waals surface area contributed by atoms with Gasteiger partial charge in [0, 0.05) is 36.5 Å². The second-order valence-corrected chi connectivity index (χ2v) is 9.83. The molecule has 1 amide bonds. The van der Waals surface area contributed by atoms with Crippen molar-refractivity contribution in [3.8, 4) is 11.3 Å². The summed E-state index contributed by atoms with van der Waals surface area (Å²) in [4.78, 5) is 20.2. The topological polar surface area (TPSA) is 61.7 Å². The highest BCUT2D eigenvalue weighted by Gasteiger charge is 2.25. The van der Waals surface area contributed by atoms with Gasteiger partial charge in [-0.3, -0.25) is 9.20 Å². The number of hydrogen-bond acceptors (Lipinski definition) is 5. The molecule has 3 heterocycles. The van der Waals surface area contributed by atoms with E-state index >= 15 is 4.39 Å². The summed E-state index contributed by atoms with van der Waals surface area (Å²) in [5.41, 5.74) is 3.67. The Balaban J connectivity index is 1.41. The van der Waals surface area contributed by atoms with Gasteiger partial charge in [0.05, 0.1) is 22.0 Å². The fraction of sp³-hybridized carbons (Fsp3) is 0.360. The highest BCUT2D eigenvalue weighted by molar-refractivity contribution is 7.23. The molecule has 5 rings (SSSR count). The van der Waals surface area contributed by atoms with E-state index in [2.05, 4.69) is 27.4 Å². The number of halogens is 1. The molecule has 0 spiro atoms. The summed E-state index contributed by atoms with van der Waals surface area (Å²) in [5.74, 6) is -0.314. The van der Waals surface area contributed by atoms with Crippen molar-refractivity contribution in [1.82, 2.24) is 24.9 Å². The van der Waals surface area contributed by atoms with E-state index in [1.807, 2.05) is 55.0 Å². The van der Waals surface area contributed by atoms with E-state index in [9.17, 15) is 4.79 Å². The lowest BCUT2D eigenvalue weighted by Crippen LogP contribution is -2.57. The van der Waals surface area contributed by atoms with Gasteiger partial charge in [-0.25, -0.2) is 9.37 Å². The van der Waals surface area contributed by atoms with Gasteiger partial charge in [0.1, 0.15) is 5.82 Å². The number of carbonyl (C=O) groups is 1. The van der Waals surface area contributed by atoms with Gasteiger partial charge in [-0.1, -0.05) is 30.7 Å². The summed E-state index contributed by atoms with van der Waals surface area (Å²) in [6, 6.07) is 11.5. The molecular weight excluding hydrogens is 437 g/mol. The van der Waals surface area contributed by atoms with E-state index in [-0.39, 0.29) is 23.8 Å². The second kappa shape index (κ2) is 8.85. The Hall–Kier alpha value is -2.81. The quantitative estimate of drug-likeness (QED) is 0.423. The van der Waals surface area contributed by atoms with Crippen LogP contribution in [0.3, 0.4) is 0 Å². The number of hydrogen-bond donors (Lipinski definition) is 2. The van der Waals surface area contributed by atoms with Crippen LogP contribution in [0.15, 0.2) is 42.6 Å². The number of likely N-dealkylation sites (tertiary alicyclic amines) is 1. The number of rotatable bonds is 7. The molecule has 0 saturated carbocycles. The lowest BCUT2D eigenvalue weighted by molar-refractivity contribution is 0.0858. The van der Waals surface area contributed by atoms with Crippen molar-refractivity contribution >= 4 is 32.4 Å². The van der Waals surface area contributed by atoms with E-state index in [4.69, 9.17) is 0 Å². The zero-order chi connectivity index (χ0) is 23.1. The lowest BCUT2D eigenvalue weighted by atomic mass is 10.00. The van der Waals surface area contributed by atoms with Crippen molar-refractivity contribution in [2.75, 3.05) is 27.2 Å². The number of aromatic nitrogens is 2. The molecule has 0 aliphatic carbocycles. The molecule has 33 heavy (non-hydrogen) atoms. The summed E-state index contributed by atoms with van der Waals surface area (Å²) >= 11 is 1.50.